The number of hydroxylamine groups is 1. The Morgan fingerprint density at radius 2 is 2.10 bits per heavy atom. The molecule has 0 unspecified atom stereocenters. The minimum absolute atomic E-state index is 0.0546. The van der Waals surface area contributed by atoms with Crippen molar-refractivity contribution in [3.63, 3.8) is 0 Å². The van der Waals surface area contributed by atoms with Crippen LogP contribution in [0, 0.1) is 6.92 Å². The van der Waals surface area contributed by atoms with E-state index in [0.717, 1.165) is 16.9 Å². The van der Waals surface area contributed by atoms with Gasteiger partial charge in [0.05, 0.1) is 17.5 Å². The van der Waals surface area contributed by atoms with E-state index in [1.54, 1.807) is 17.3 Å². The van der Waals surface area contributed by atoms with Crippen LogP contribution in [-0.4, -0.2) is 42.6 Å². The fraction of sp³-hybridized carbons (Fsp3) is 0.538. The molecular formula is C13H21N3O3S. The van der Waals surface area contributed by atoms with Gasteiger partial charge in [-0.1, -0.05) is 6.92 Å². The van der Waals surface area contributed by atoms with E-state index in [9.17, 15) is 9.59 Å². The van der Waals surface area contributed by atoms with Crippen molar-refractivity contribution < 1.29 is 14.8 Å². The van der Waals surface area contributed by atoms with Gasteiger partial charge in [0.1, 0.15) is 0 Å². The summed E-state index contributed by atoms with van der Waals surface area (Å²) < 4.78 is 0. The van der Waals surface area contributed by atoms with Crippen LogP contribution in [0.15, 0.2) is 6.07 Å². The summed E-state index contributed by atoms with van der Waals surface area (Å²) in [5.41, 5.74) is 2.43. The maximum Gasteiger partial charge on any atom is 0.284 e. The molecule has 0 aromatic carbocycles. The lowest BCUT2D eigenvalue weighted by molar-refractivity contribution is -0.122. The summed E-state index contributed by atoms with van der Waals surface area (Å²) in [4.78, 5) is 26.5. The predicted octanol–water partition coefficient (Wildman–Crippen LogP) is 1.30. The Labute approximate surface area is 122 Å². The molecule has 0 spiro atoms. The molecule has 0 saturated carbocycles. The lowest BCUT2D eigenvalue weighted by Crippen LogP contribution is -2.35. The first-order valence-electron chi connectivity index (χ1n) is 6.37. The SMILES string of the molecule is CC[C@H](NC(=O)CN(C)C)c1cc(C)c(C(=O)NO)s1. The molecule has 1 atom stereocenters. The topological polar surface area (TPSA) is 81.7 Å². The van der Waals surface area contributed by atoms with E-state index in [4.69, 9.17) is 5.21 Å². The Morgan fingerprint density at radius 1 is 1.45 bits per heavy atom. The number of rotatable bonds is 6. The molecule has 1 heterocycles. The quantitative estimate of drug-likeness (QED) is 0.546. The molecule has 0 saturated heterocycles. The molecule has 1 rings (SSSR count). The predicted molar refractivity (Wildman–Crippen MR) is 78.0 cm³/mol. The number of thiophene rings is 1. The minimum atomic E-state index is -0.520. The van der Waals surface area contributed by atoms with Crippen molar-refractivity contribution in [1.82, 2.24) is 15.7 Å². The van der Waals surface area contributed by atoms with Crippen LogP contribution in [0.25, 0.3) is 0 Å². The zero-order valence-electron chi connectivity index (χ0n) is 12.2. The zero-order chi connectivity index (χ0) is 15.3. The number of aryl methyl sites for hydroxylation is 1. The fourth-order valence-corrected chi connectivity index (χ4v) is 3.05. The van der Waals surface area contributed by atoms with Crippen LogP contribution in [-0.2, 0) is 4.79 Å². The summed E-state index contributed by atoms with van der Waals surface area (Å²) in [6.45, 7) is 4.10. The van der Waals surface area contributed by atoms with Gasteiger partial charge in [0.25, 0.3) is 5.91 Å². The van der Waals surface area contributed by atoms with E-state index in [2.05, 4.69) is 5.32 Å². The first-order chi connectivity index (χ1) is 9.38. The summed E-state index contributed by atoms with van der Waals surface area (Å²) in [6, 6.07) is 1.76. The van der Waals surface area contributed by atoms with E-state index in [-0.39, 0.29) is 11.9 Å². The number of likely N-dealkylation sites (N-methyl/N-ethyl adjacent to an activating group) is 1. The minimum Gasteiger partial charge on any atom is -0.347 e. The highest BCUT2D eigenvalue weighted by molar-refractivity contribution is 7.14. The Kier molecular flexibility index (Phi) is 6.12. The second kappa shape index (κ2) is 7.37. The third kappa shape index (κ3) is 4.29. The number of amides is 2. The van der Waals surface area contributed by atoms with E-state index >= 15 is 0 Å². The highest BCUT2D eigenvalue weighted by Gasteiger charge is 2.19. The van der Waals surface area contributed by atoms with Crippen molar-refractivity contribution in [2.75, 3.05) is 20.6 Å². The van der Waals surface area contributed by atoms with Crippen LogP contribution in [0.1, 0.15) is 39.5 Å². The third-order valence-corrected chi connectivity index (χ3v) is 4.14. The average Bonchev–Trinajstić information content (AvgIpc) is 2.76. The first kappa shape index (κ1) is 16.6. The molecule has 0 bridgehead atoms. The lowest BCUT2D eigenvalue weighted by atomic mass is 10.1. The number of carbonyl (C=O) groups excluding carboxylic acids is 2. The first-order valence-corrected chi connectivity index (χ1v) is 7.19. The third-order valence-electron chi connectivity index (χ3n) is 2.79. The van der Waals surface area contributed by atoms with E-state index in [0.29, 0.717) is 11.4 Å². The van der Waals surface area contributed by atoms with Crippen molar-refractivity contribution in [3.05, 3.63) is 21.4 Å². The molecule has 2 amide bonds. The summed E-state index contributed by atoms with van der Waals surface area (Å²) >= 11 is 1.29. The number of nitrogens with one attached hydrogen (secondary N) is 2. The molecule has 20 heavy (non-hydrogen) atoms. The Morgan fingerprint density at radius 3 is 2.60 bits per heavy atom. The smallest absolute Gasteiger partial charge is 0.284 e. The number of hydrogen-bond donors (Lipinski definition) is 3. The van der Waals surface area contributed by atoms with Gasteiger partial charge in [0.2, 0.25) is 5.91 Å². The maximum atomic E-state index is 11.8. The van der Waals surface area contributed by atoms with Crippen LogP contribution in [0.2, 0.25) is 0 Å². The molecular weight excluding hydrogens is 278 g/mol. The molecule has 0 aliphatic carbocycles. The van der Waals surface area contributed by atoms with Crippen molar-refractivity contribution in [2.45, 2.75) is 26.3 Å². The number of hydrogen-bond acceptors (Lipinski definition) is 5. The molecule has 0 radical (unpaired) electrons. The normalized spacial score (nSPS) is 12.3. The highest BCUT2D eigenvalue weighted by Crippen LogP contribution is 2.28. The van der Waals surface area contributed by atoms with Gasteiger partial charge < -0.3 is 10.2 Å². The number of nitrogens with zero attached hydrogens (tertiary/aromatic N) is 1. The Balaban J connectivity index is 2.85. The highest BCUT2D eigenvalue weighted by atomic mass is 32.1. The summed E-state index contributed by atoms with van der Waals surface area (Å²) in [5, 5.41) is 11.6. The van der Waals surface area contributed by atoms with Crippen LogP contribution < -0.4 is 10.8 Å². The van der Waals surface area contributed by atoms with Crippen LogP contribution in [0.4, 0.5) is 0 Å². The van der Waals surface area contributed by atoms with Crippen LogP contribution in [0.3, 0.4) is 0 Å². The molecule has 0 aliphatic heterocycles. The monoisotopic (exact) mass is 299 g/mol. The van der Waals surface area contributed by atoms with Gasteiger partial charge in [0.15, 0.2) is 0 Å². The lowest BCUT2D eigenvalue weighted by Gasteiger charge is -2.17. The van der Waals surface area contributed by atoms with Gasteiger partial charge in [-0.15, -0.1) is 11.3 Å². The van der Waals surface area contributed by atoms with E-state index in [1.165, 1.54) is 11.3 Å². The van der Waals surface area contributed by atoms with Crippen LogP contribution >= 0.6 is 11.3 Å². The summed E-state index contributed by atoms with van der Waals surface area (Å²) in [6.07, 6.45) is 0.735. The maximum absolute atomic E-state index is 11.8. The molecule has 112 valence electrons. The summed E-state index contributed by atoms with van der Waals surface area (Å²) in [7, 11) is 3.67. The Hall–Kier alpha value is -1.44. The molecule has 1 aromatic rings. The molecule has 3 N–H and O–H groups in total. The van der Waals surface area contributed by atoms with Gasteiger partial charge in [-0.3, -0.25) is 14.8 Å². The average molecular weight is 299 g/mol. The fourth-order valence-electron chi connectivity index (χ4n) is 1.86. The molecule has 0 fully saturated rings. The van der Waals surface area contributed by atoms with E-state index in [1.807, 2.05) is 27.1 Å². The zero-order valence-corrected chi connectivity index (χ0v) is 13.0. The molecule has 6 nitrogen and oxygen atoms in total. The molecule has 7 heteroatoms. The second-order valence-corrected chi connectivity index (χ2v) is 5.95. The van der Waals surface area contributed by atoms with Crippen molar-refractivity contribution in [3.8, 4) is 0 Å². The largest absolute Gasteiger partial charge is 0.347 e. The van der Waals surface area contributed by atoms with Crippen molar-refractivity contribution in [2.24, 2.45) is 0 Å². The van der Waals surface area contributed by atoms with Gasteiger partial charge >= 0.3 is 0 Å². The summed E-state index contributed by atoms with van der Waals surface area (Å²) in [5.74, 6) is -0.575. The second-order valence-electron chi connectivity index (χ2n) is 4.87. The van der Waals surface area contributed by atoms with E-state index < -0.39 is 5.91 Å². The van der Waals surface area contributed by atoms with Gasteiger partial charge in [-0.2, -0.15) is 0 Å². The number of carbonyl (C=O) groups is 2. The molecule has 1 aromatic heterocycles. The van der Waals surface area contributed by atoms with Crippen molar-refractivity contribution in [1.29, 1.82) is 0 Å². The van der Waals surface area contributed by atoms with Gasteiger partial charge in [0, 0.05) is 4.88 Å². The Bertz CT molecular complexity index is 485. The van der Waals surface area contributed by atoms with Gasteiger partial charge in [-0.05, 0) is 39.1 Å². The standard InChI is InChI=1S/C13H21N3O3S/c1-5-9(14-11(17)7-16(3)4)10-6-8(2)12(20-10)13(18)15-19/h6,9,19H,5,7H2,1-4H3,(H,14,17)(H,15,18)/t9-/m0/s1. The van der Waals surface area contributed by atoms with Crippen LogP contribution in [0.5, 0.6) is 0 Å². The van der Waals surface area contributed by atoms with Crippen molar-refractivity contribution >= 4 is 23.2 Å². The van der Waals surface area contributed by atoms with Gasteiger partial charge in [-0.25, -0.2) is 5.48 Å². The molecule has 0 aliphatic rings.